The van der Waals surface area contributed by atoms with Gasteiger partial charge in [0.25, 0.3) is 0 Å². The molecule has 0 aliphatic rings. The Morgan fingerprint density at radius 1 is 0.611 bits per heavy atom. The molecular formula is C25H42O11. The lowest BCUT2D eigenvalue weighted by atomic mass is 10.1. The molecule has 0 aliphatic carbocycles. The fraction of sp³-hybridized carbons (Fsp3) is 0.680. The molecule has 0 heterocycles. The summed E-state index contributed by atoms with van der Waals surface area (Å²) in [5, 5.41) is 0. The van der Waals surface area contributed by atoms with Crippen molar-refractivity contribution in [2.24, 2.45) is 0 Å². The third-order valence-corrected chi connectivity index (χ3v) is 4.34. The van der Waals surface area contributed by atoms with E-state index in [0.29, 0.717) is 65.9 Å². The first-order valence-corrected chi connectivity index (χ1v) is 11.8. The van der Waals surface area contributed by atoms with Gasteiger partial charge >= 0.3 is 0 Å². The first-order chi connectivity index (χ1) is 17.8. The fourth-order valence-corrected chi connectivity index (χ4v) is 2.52. The maximum absolute atomic E-state index is 5.56. The summed E-state index contributed by atoms with van der Waals surface area (Å²) in [6.07, 6.45) is 0.299. The van der Waals surface area contributed by atoms with Crippen molar-refractivity contribution in [1.29, 1.82) is 0 Å². The van der Waals surface area contributed by atoms with Crippen LogP contribution >= 0.6 is 0 Å². The van der Waals surface area contributed by atoms with Crippen molar-refractivity contribution in [2.45, 2.75) is 12.7 Å². The zero-order chi connectivity index (χ0) is 25.9. The highest BCUT2D eigenvalue weighted by molar-refractivity contribution is 5.18. The van der Waals surface area contributed by atoms with Crippen molar-refractivity contribution in [2.75, 3.05) is 101 Å². The molecule has 0 spiro atoms. The zero-order valence-corrected chi connectivity index (χ0v) is 21.6. The molecule has 0 N–H and O–H groups in total. The third-order valence-electron chi connectivity index (χ3n) is 4.34. The molecule has 0 bridgehead atoms. The Bertz CT molecular complexity index is 599. The number of hydrogen-bond acceptors (Lipinski definition) is 11. The van der Waals surface area contributed by atoms with Crippen molar-refractivity contribution in [1.82, 2.24) is 0 Å². The second-order valence-corrected chi connectivity index (χ2v) is 7.15. The minimum Gasteiger partial charge on any atom is -0.496 e. The number of allylic oxidation sites excluding steroid dienone is 1. The smallest absolute Gasteiger partial charge is 0.180 e. The van der Waals surface area contributed by atoms with Crippen LogP contribution in [0, 0.1) is 0 Å². The molecule has 0 unspecified atom stereocenters. The summed E-state index contributed by atoms with van der Waals surface area (Å²) in [6.45, 7) is 8.09. The molecule has 0 saturated carbocycles. The average molecular weight is 519 g/mol. The molecule has 0 aromatic heterocycles. The van der Waals surface area contributed by atoms with Crippen molar-refractivity contribution in [3.05, 3.63) is 48.2 Å². The lowest BCUT2D eigenvalue weighted by Gasteiger charge is -2.13. The van der Waals surface area contributed by atoms with Crippen LogP contribution in [0.3, 0.4) is 0 Å². The van der Waals surface area contributed by atoms with Crippen LogP contribution in [-0.4, -0.2) is 107 Å². The van der Waals surface area contributed by atoms with Gasteiger partial charge in [-0.15, -0.1) is 0 Å². The lowest BCUT2D eigenvalue weighted by molar-refractivity contribution is -0.170. The van der Waals surface area contributed by atoms with Gasteiger partial charge in [0, 0.05) is 20.6 Å². The quantitative estimate of drug-likeness (QED) is 0.0974. The molecule has 11 nitrogen and oxygen atoms in total. The molecule has 1 rings (SSSR count). The molecule has 0 aliphatic heterocycles. The van der Waals surface area contributed by atoms with Crippen LogP contribution in [-0.2, 0) is 58.5 Å². The molecule has 0 atom stereocenters. The van der Waals surface area contributed by atoms with E-state index in [2.05, 4.69) is 6.58 Å². The Hall–Kier alpha value is -1.64. The summed E-state index contributed by atoms with van der Waals surface area (Å²) in [5.74, 6) is 0.721. The third kappa shape index (κ3) is 20.5. The Labute approximate surface area is 214 Å². The largest absolute Gasteiger partial charge is 0.496 e. The lowest BCUT2D eigenvalue weighted by Crippen LogP contribution is -2.21. The highest BCUT2D eigenvalue weighted by Crippen LogP contribution is 2.07. The number of methoxy groups -OCH3 is 2. The van der Waals surface area contributed by atoms with Crippen molar-refractivity contribution in [3.63, 3.8) is 0 Å². The van der Waals surface area contributed by atoms with E-state index >= 15 is 0 Å². The topological polar surface area (TPSA) is 102 Å². The molecule has 0 amide bonds. The monoisotopic (exact) mass is 518 g/mol. The van der Waals surface area contributed by atoms with E-state index in [-0.39, 0.29) is 27.2 Å². The van der Waals surface area contributed by atoms with Crippen LogP contribution < -0.4 is 0 Å². The maximum atomic E-state index is 5.56. The van der Waals surface area contributed by atoms with Crippen LogP contribution in [0.1, 0.15) is 5.56 Å². The van der Waals surface area contributed by atoms with E-state index in [1.54, 1.807) is 14.2 Å². The van der Waals surface area contributed by atoms with Gasteiger partial charge in [0.1, 0.15) is 40.4 Å². The van der Waals surface area contributed by atoms with Gasteiger partial charge in [0.15, 0.2) is 6.29 Å². The van der Waals surface area contributed by atoms with E-state index in [0.717, 1.165) is 5.76 Å². The van der Waals surface area contributed by atoms with Crippen LogP contribution in [0.25, 0.3) is 0 Å². The molecule has 208 valence electrons. The predicted molar refractivity (Wildman–Crippen MR) is 130 cm³/mol. The van der Waals surface area contributed by atoms with Crippen LogP contribution in [0.15, 0.2) is 42.7 Å². The second-order valence-electron chi connectivity index (χ2n) is 7.15. The Kier molecular flexibility index (Phi) is 22.5. The summed E-state index contributed by atoms with van der Waals surface area (Å²) in [5.41, 5.74) is 1.17. The number of ether oxygens (including phenoxy) is 11. The van der Waals surface area contributed by atoms with Crippen LogP contribution in [0.2, 0.25) is 0 Å². The van der Waals surface area contributed by atoms with Gasteiger partial charge in [-0.3, -0.25) is 0 Å². The van der Waals surface area contributed by atoms with Gasteiger partial charge in [-0.2, -0.15) is 0 Å². The summed E-state index contributed by atoms with van der Waals surface area (Å²) >= 11 is 0. The van der Waals surface area contributed by atoms with Gasteiger partial charge in [-0.1, -0.05) is 36.9 Å². The molecular weight excluding hydrogens is 476 g/mol. The van der Waals surface area contributed by atoms with Gasteiger partial charge in [-0.25, -0.2) is 0 Å². The average Bonchev–Trinajstić information content (AvgIpc) is 2.90. The molecule has 36 heavy (non-hydrogen) atoms. The van der Waals surface area contributed by atoms with Crippen molar-refractivity contribution < 1.29 is 52.1 Å². The second kappa shape index (κ2) is 25.0. The van der Waals surface area contributed by atoms with E-state index in [9.17, 15) is 0 Å². The van der Waals surface area contributed by atoms with Gasteiger partial charge in [-0.05, 0) is 5.56 Å². The normalized spacial score (nSPS) is 11.3. The molecule has 0 fully saturated rings. The molecule has 0 saturated heterocycles. The number of rotatable bonds is 27. The van der Waals surface area contributed by atoms with Gasteiger partial charge in [0.2, 0.25) is 0 Å². The van der Waals surface area contributed by atoms with E-state index < -0.39 is 6.29 Å². The zero-order valence-electron chi connectivity index (χ0n) is 21.6. The highest BCUT2D eigenvalue weighted by Gasteiger charge is 2.04. The van der Waals surface area contributed by atoms with E-state index in [1.165, 1.54) is 5.56 Å². The highest BCUT2D eigenvalue weighted by atomic mass is 16.7. The summed E-state index contributed by atoms with van der Waals surface area (Å²) in [7, 11) is 3.09. The Balaban J connectivity index is 1.70. The molecule has 11 heteroatoms. The van der Waals surface area contributed by atoms with E-state index in [1.807, 2.05) is 30.3 Å². The molecule has 1 aromatic carbocycles. The standard InChI is InChI=1S/C25H42O11/c1-23(17-24-7-5-4-6-8-24)36-16-15-28-9-10-32-21-35-22-33-14-12-30-19-29-11-13-31-20-34-18-25(26-2)27-3/h4-8,25H,1,9-22H2,2-3H3. The fourth-order valence-electron chi connectivity index (χ4n) is 2.52. The first-order valence-electron chi connectivity index (χ1n) is 11.8. The van der Waals surface area contributed by atoms with Crippen molar-refractivity contribution >= 4 is 0 Å². The summed E-state index contributed by atoms with van der Waals surface area (Å²) in [4.78, 5) is 0. The Morgan fingerprint density at radius 2 is 1.08 bits per heavy atom. The molecule has 0 radical (unpaired) electrons. The van der Waals surface area contributed by atoms with Crippen LogP contribution in [0.4, 0.5) is 0 Å². The van der Waals surface area contributed by atoms with Crippen molar-refractivity contribution in [3.8, 4) is 0 Å². The molecule has 1 aromatic rings. The summed E-state index contributed by atoms with van der Waals surface area (Å²) in [6, 6.07) is 10.1. The minimum atomic E-state index is -0.397. The maximum Gasteiger partial charge on any atom is 0.180 e. The van der Waals surface area contributed by atoms with Gasteiger partial charge < -0.3 is 52.1 Å². The van der Waals surface area contributed by atoms with E-state index in [4.69, 9.17) is 52.1 Å². The SMILES string of the molecule is C=C(Cc1ccccc1)OCCOCCOCOCOCCOCOCCOCOCC(OC)OC. The number of hydrogen-bond donors (Lipinski definition) is 0. The minimum absolute atomic E-state index is 0.114. The first kappa shape index (κ1) is 32.4. The van der Waals surface area contributed by atoms with Gasteiger partial charge in [0.05, 0.1) is 52.0 Å². The Morgan fingerprint density at radius 3 is 1.64 bits per heavy atom. The summed E-state index contributed by atoms with van der Waals surface area (Å²) < 4.78 is 57.7. The predicted octanol–water partition coefficient (Wildman–Crippen LogP) is 2.34. The number of benzene rings is 1. The van der Waals surface area contributed by atoms with Crippen LogP contribution in [0.5, 0.6) is 0 Å².